The van der Waals surface area contributed by atoms with Gasteiger partial charge in [-0.3, -0.25) is 4.40 Å². The highest BCUT2D eigenvalue weighted by atomic mass is 127. The van der Waals surface area contributed by atoms with Crippen LogP contribution in [-0.2, 0) is 13.1 Å². The van der Waals surface area contributed by atoms with Crippen LogP contribution in [0.1, 0.15) is 37.7 Å². The molecule has 8 heteroatoms. The van der Waals surface area contributed by atoms with E-state index < -0.39 is 0 Å². The Morgan fingerprint density at radius 1 is 1.17 bits per heavy atom. The van der Waals surface area contributed by atoms with Crippen LogP contribution >= 0.6 is 24.0 Å². The third kappa shape index (κ3) is 6.31. The Hall–Kier alpha value is -2.36. The average Bonchev–Trinajstić information content (AvgIpc) is 3.08. The van der Waals surface area contributed by atoms with Crippen molar-refractivity contribution in [3.05, 3.63) is 59.5 Å². The fourth-order valence-electron chi connectivity index (χ4n) is 2.84. The van der Waals surface area contributed by atoms with Crippen LogP contribution in [0.4, 0.5) is 0 Å². The van der Waals surface area contributed by atoms with Crippen molar-refractivity contribution >= 4 is 35.6 Å². The second-order valence-electron chi connectivity index (χ2n) is 6.87. The average molecular weight is 508 g/mol. The molecule has 0 unspecified atom stereocenters. The molecule has 0 fully saturated rings. The summed E-state index contributed by atoms with van der Waals surface area (Å²) in [4.78, 5) is 4.72. The SMILES string of the molecule is CCNC(=NCc1ccc(C)cc1OC(C)C)NCc1nnc2ccccn12.I. The zero-order chi connectivity index (χ0) is 19.9. The molecule has 0 aliphatic carbocycles. The van der Waals surface area contributed by atoms with Crippen LogP contribution in [-0.4, -0.2) is 33.2 Å². The van der Waals surface area contributed by atoms with Crippen LogP contribution in [0.3, 0.4) is 0 Å². The molecule has 0 amide bonds. The van der Waals surface area contributed by atoms with Crippen molar-refractivity contribution in [1.82, 2.24) is 25.2 Å². The van der Waals surface area contributed by atoms with Crippen LogP contribution < -0.4 is 15.4 Å². The molecule has 1 aromatic carbocycles. The third-order valence-electron chi connectivity index (χ3n) is 4.14. The molecule has 2 N–H and O–H groups in total. The molecular formula is C21H29IN6O. The molecule has 7 nitrogen and oxygen atoms in total. The summed E-state index contributed by atoms with van der Waals surface area (Å²) < 4.78 is 7.92. The van der Waals surface area contributed by atoms with E-state index >= 15 is 0 Å². The highest BCUT2D eigenvalue weighted by molar-refractivity contribution is 14.0. The van der Waals surface area contributed by atoms with Gasteiger partial charge in [-0.2, -0.15) is 0 Å². The number of halogens is 1. The Bertz CT molecular complexity index is 953. The number of aliphatic imine (C=N–C) groups is 1. The molecule has 0 atom stereocenters. The molecule has 0 spiro atoms. The number of rotatable bonds is 7. The summed E-state index contributed by atoms with van der Waals surface area (Å²) in [5.74, 6) is 2.45. The van der Waals surface area contributed by atoms with E-state index in [4.69, 9.17) is 9.73 Å². The lowest BCUT2D eigenvalue weighted by atomic mass is 10.1. The Balaban J connectivity index is 0.00000300. The van der Waals surface area contributed by atoms with Gasteiger partial charge in [-0.1, -0.05) is 18.2 Å². The van der Waals surface area contributed by atoms with Crippen LogP contribution in [0.15, 0.2) is 47.6 Å². The van der Waals surface area contributed by atoms with Gasteiger partial charge in [-0.05, 0) is 51.5 Å². The standard InChI is InChI=1S/C21H28N6O.HI/c1-5-22-21(24-14-20-26-25-19-8-6-7-11-27(19)20)23-13-17-10-9-16(4)12-18(17)28-15(2)3;/h6-12,15H,5,13-14H2,1-4H3,(H2,22,23,24);1H. The van der Waals surface area contributed by atoms with Gasteiger partial charge < -0.3 is 15.4 Å². The van der Waals surface area contributed by atoms with Crippen LogP contribution in [0.2, 0.25) is 0 Å². The minimum atomic E-state index is 0. The van der Waals surface area contributed by atoms with E-state index in [1.54, 1.807) is 0 Å². The predicted molar refractivity (Wildman–Crippen MR) is 127 cm³/mol. The van der Waals surface area contributed by atoms with Gasteiger partial charge in [-0.15, -0.1) is 34.2 Å². The van der Waals surface area contributed by atoms with Gasteiger partial charge in [0.1, 0.15) is 5.75 Å². The van der Waals surface area contributed by atoms with Crippen molar-refractivity contribution < 1.29 is 4.74 Å². The molecule has 0 saturated heterocycles. The number of fused-ring (bicyclic) bond motifs is 1. The molecule has 2 aromatic heterocycles. The molecule has 29 heavy (non-hydrogen) atoms. The largest absolute Gasteiger partial charge is 0.491 e. The van der Waals surface area contributed by atoms with E-state index in [9.17, 15) is 0 Å². The Morgan fingerprint density at radius 2 is 2.00 bits per heavy atom. The van der Waals surface area contributed by atoms with Gasteiger partial charge >= 0.3 is 0 Å². The summed E-state index contributed by atoms with van der Waals surface area (Å²) in [7, 11) is 0. The molecule has 0 aliphatic heterocycles. The number of nitrogens with one attached hydrogen (secondary N) is 2. The van der Waals surface area contributed by atoms with Crippen molar-refractivity contribution in [2.24, 2.45) is 4.99 Å². The van der Waals surface area contributed by atoms with Crippen LogP contribution in [0, 0.1) is 6.92 Å². The van der Waals surface area contributed by atoms with Gasteiger partial charge in [-0.25, -0.2) is 4.99 Å². The second kappa shape index (κ2) is 11.0. The number of benzene rings is 1. The lowest BCUT2D eigenvalue weighted by Gasteiger charge is -2.15. The zero-order valence-electron chi connectivity index (χ0n) is 17.3. The first kappa shape index (κ1) is 22.9. The van der Waals surface area contributed by atoms with E-state index in [1.165, 1.54) is 5.56 Å². The van der Waals surface area contributed by atoms with Gasteiger partial charge in [0.05, 0.1) is 19.2 Å². The lowest BCUT2D eigenvalue weighted by molar-refractivity contribution is 0.240. The number of guanidine groups is 1. The number of ether oxygens (including phenoxy) is 1. The molecule has 2 heterocycles. The molecule has 0 aliphatic rings. The predicted octanol–water partition coefficient (Wildman–Crippen LogP) is 3.70. The van der Waals surface area contributed by atoms with Gasteiger partial charge in [0.2, 0.25) is 0 Å². The Morgan fingerprint density at radius 3 is 2.76 bits per heavy atom. The molecule has 0 radical (unpaired) electrons. The summed E-state index contributed by atoms with van der Waals surface area (Å²) >= 11 is 0. The maximum Gasteiger partial charge on any atom is 0.191 e. The number of aromatic nitrogens is 3. The number of aryl methyl sites for hydroxylation is 1. The summed E-state index contributed by atoms with van der Waals surface area (Å²) in [6.45, 7) is 10.00. The summed E-state index contributed by atoms with van der Waals surface area (Å²) in [6, 6.07) is 12.1. The van der Waals surface area contributed by atoms with Crippen LogP contribution in [0.5, 0.6) is 5.75 Å². The highest BCUT2D eigenvalue weighted by Gasteiger charge is 2.08. The van der Waals surface area contributed by atoms with E-state index in [2.05, 4.69) is 46.0 Å². The van der Waals surface area contributed by atoms with Gasteiger partial charge in [0.15, 0.2) is 17.4 Å². The minimum Gasteiger partial charge on any atom is -0.491 e. The maximum absolute atomic E-state index is 5.95. The van der Waals surface area contributed by atoms with Crippen molar-refractivity contribution in [3.8, 4) is 5.75 Å². The van der Waals surface area contributed by atoms with Crippen molar-refractivity contribution in [2.45, 2.75) is 46.9 Å². The first-order valence-corrected chi connectivity index (χ1v) is 9.64. The number of hydrogen-bond acceptors (Lipinski definition) is 4. The van der Waals surface area contributed by atoms with E-state index in [-0.39, 0.29) is 30.1 Å². The smallest absolute Gasteiger partial charge is 0.191 e. The van der Waals surface area contributed by atoms with Gasteiger partial charge in [0.25, 0.3) is 0 Å². The van der Waals surface area contributed by atoms with Crippen molar-refractivity contribution in [1.29, 1.82) is 0 Å². The molecule has 0 bridgehead atoms. The number of hydrogen-bond donors (Lipinski definition) is 2. The van der Waals surface area contributed by atoms with E-state index in [0.29, 0.717) is 13.1 Å². The highest BCUT2D eigenvalue weighted by Crippen LogP contribution is 2.22. The summed E-state index contributed by atoms with van der Waals surface area (Å²) in [5.41, 5.74) is 3.06. The van der Waals surface area contributed by atoms with Gasteiger partial charge in [0, 0.05) is 18.3 Å². The molecular weight excluding hydrogens is 479 g/mol. The normalized spacial score (nSPS) is 11.4. The van der Waals surface area contributed by atoms with Crippen molar-refractivity contribution in [2.75, 3.05) is 6.54 Å². The number of pyridine rings is 1. The topological polar surface area (TPSA) is 75.8 Å². The maximum atomic E-state index is 5.95. The minimum absolute atomic E-state index is 0. The summed E-state index contributed by atoms with van der Waals surface area (Å²) in [6.07, 6.45) is 2.08. The van der Waals surface area contributed by atoms with Crippen molar-refractivity contribution in [3.63, 3.8) is 0 Å². The molecule has 156 valence electrons. The fraction of sp³-hybridized carbons (Fsp3) is 0.381. The Kier molecular flexibility index (Phi) is 8.69. The fourth-order valence-corrected chi connectivity index (χ4v) is 2.84. The van der Waals surface area contributed by atoms with Crippen LogP contribution in [0.25, 0.3) is 5.65 Å². The third-order valence-corrected chi connectivity index (χ3v) is 4.14. The first-order chi connectivity index (χ1) is 13.6. The molecule has 3 aromatic rings. The monoisotopic (exact) mass is 508 g/mol. The molecule has 0 saturated carbocycles. The Labute approximate surface area is 189 Å². The molecule has 3 rings (SSSR count). The lowest BCUT2D eigenvalue weighted by Crippen LogP contribution is -2.37. The number of nitrogens with zero attached hydrogens (tertiary/aromatic N) is 4. The zero-order valence-corrected chi connectivity index (χ0v) is 19.7. The van der Waals surface area contributed by atoms with E-state index in [0.717, 1.165) is 35.3 Å². The summed E-state index contributed by atoms with van der Waals surface area (Å²) in [5, 5.41) is 15.0. The first-order valence-electron chi connectivity index (χ1n) is 9.64. The van der Waals surface area contributed by atoms with E-state index in [1.807, 2.05) is 49.6 Å². The quantitative estimate of drug-likeness (QED) is 0.289. The second-order valence-corrected chi connectivity index (χ2v) is 6.87.